The molecule has 2 N–H and O–H groups in total. The van der Waals surface area contributed by atoms with Crippen LogP contribution in [-0.2, 0) is 24.2 Å². The van der Waals surface area contributed by atoms with Gasteiger partial charge < -0.3 is 15.2 Å². The van der Waals surface area contributed by atoms with Crippen molar-refractivity contribution in [3.05, 3.63) is 101 Å². The number of benzene rings is 3. The van der Waals surface area contributed by atoms with Gasteiger partial charge in [-0.3, -0.25) is 4.79 Å². The van der Waals surface area contributed by atoms with Gasteiger partial charge in [0, 0.05) is 6.04 Å². The predicted molar refractivity (Wildman–Crippen MR) is 130 cm³/mol. The summed E-state index contributed by atoms with van der Waals surface area (Å²) < 4.78 is 5.94. The van der Waals surface area contributed by atoms with Crippen molar-refractivity contribution in [1.29, 1.82) is 0 Å². The second-order valence-electron chi connectivity index (χ2n) is 8.38. The molecule has 0 amide bonds. The van der Waals surface area contributed by atoms with Crippen molar-refractivity contribution in [2.45, 2.75) is 44.8 Å². The van der Waals surface area contributed by atoms with E-state index in [1.807, 2.05) is 24.3 Å². The lowest BCUT2D eigenvalue weighted by Crippen LogP contribution is -2.31. The Labute approximate surface area is 195 Å². The van der Waals surface area contributed by atoms with Crippen molar-refractivity contribution < 1.29 is 14.6 Å². The maximum Gasteiger partial charge on any atom is 0.304 e. The van der Waals surface area contributed by atoms with Gasteiger partial charge in [0.2, 0.25) is 0 Å². The molecule has 4 nitrogen and oxygen atoms in total. The van der Waals surface area contributed by atoms with Crippen molar-refractivity contribution in [3.63, 3.8) is 0 Å². The number of hydrogen-bond donors (Lipinski definition) is 2. The van der Waals surface area contributed by atoms with Gasteiger partial charge in [0.1, 0.15) is 12.4 Å². The Morgan fingerprint density at radius 2 is 1.79 bits per heavy atom. The molecule has 2 unspecified atom stereocenters. The van der Waals surface area contributed by atoms with Gasteiger partial charge in [-0.25, -0.2) is 0 Å². The number of carboxylic acid groups (broad SMARTS) is 1. The Morgan fingerprint density at radius 3 is 2.52 bits per heavy atom. The normalized spacial score (nSPS) is 15.6. The van der Waals surface area contributed by atoms with Crippen LogP contribution >= 0.6 is 0 Å². The molecule has 3 aromatic rings. The summed E-state index contributed by atoms with van der Waals surface area (Å²) in [5.41, 5.74) is 6.17. The lowest BCUT2D eigenvalue weighted by Gasteiger charge is -2.27. The lowest BCUT2D eigenvalue weighted by molar-refractivity contribution is -0.137. The first-order valence-electron chi connectivity index (χ1n) is 11.4. The quantitative estimate of drug-likeness (QED) is 0.469. The number of rotatable bonds is 8. The topological polar surface area (TPSA) is 58.6 Å². The highest BCUT2D eigenvalue weighted by Gasteiger charge is 2.19. The second kappa shape index (κ2) is 10.8. The van der Waals surface area contributed by atoms with Crippen LogP contribution in [0, 0.1) is 11.8 Å². The van der Waals surface area contributed by atoms with Gasteiger partial charge >= 0.3 is 5.97 Å². The predicted octanol–water partition coefficient (Wildman–Crippen LogP) is 5.28. The van der Waals surface area contributed by atoms with Crippen LogP contribution in [0.15, 0.2) is 72.8 Å². The summed E-state index contributed by atoms with van der Waals surface area (Å²) in [7, 11) is 0. The van der Waals surface area contributed by atoms with Crippen LogP contribution in [-0.4, -0.2) is 17.6 Å². The number of nitrogens with one attached hydrogen (secondary N) is 1. The van der Waals surface area contributed by atoms with E-state index in [2.05, 4.69) is 65.7 Å². The van der Waals surface area contributed by atoms with Crippen LogP contribution < -0.4 is 10.1 Å². The smallest absolute Gasteiger partial charge is 0.304 e. The molecule has 0 spiro atoms. The molecule has 0 saturated heterocycles. The summed E-state index contributed by atoms with van der Waals surface area (Å²) in [6.45, 7) is 3.23. The Kier molecular flexibility index (Phi) is 7.44. The molecule has 0 saturated carbocycles. The van der Waals surface area contributed by atoms with Crippen molar-refractivity contribution in [2.75, 3.05) is 6.54 Å². The van der Waals surface area contributed by atoms with Crippen LogP contribution in [0.5, 0.6) is 5.75 Å². The third-order valence-corrected chi connectivity index (χ3v) is 6.06. The van der Waals surface area contributed by atoms with Gasteiger partial charge in [0.05, 0.1) is 12.3 Å². The first-order chi connectivity index (χ1) is 16.1. The van der Waals surface area contributed by atoms with Crippen LogP contribution in [0.1, 0.15) is 53.1 Å². The third kappa shape index (κ3) is 6.03. The summed E-state index contributed by atoms with van der Waals surface area (Å²) >= 11 is 0. The minimum atomic E-state index is -0.852. The summed E-state index contributed by atoms with van der Waals surface area (Å²) in [6.07, 6.45) is 2.06. The SMILES string of the molecule is CC#CC(CC(=O)O)c1ccc(OCc2ccc(CC3NCCc4ccccc43)cc2)cc1. The molecule has 2 atom stereocenters. The van der Waals surface area contributed by atoms with Crippen molar-refractivity contribution in [2.24, 2.45) is 0 Å². The molecule has 0 radical (unpaired) electrons. The monoisotopic (exact) mass is 439 g/mol. The number of carbonyl (C=O) groups is 1. The molecular weight excluding hydrogens is 410 g/mol. The maximum atomic E-state index is 11.1. The highest BCUT2D eigenvalue weighted by molar-refractivity contribution is 5.69. The Morgan fingerprint density at radius 1 is 1.06 bits per heavy atom. The average molecular weight is 440 g/mol. The van der Waals surface area contributed by atoms with Crippen LogP contribution in [0.3, 0.4) is 0 Å². The molecule has 0 aliphatic carbocycles. The van der Waals surface area contributed by atoms with Gasteiger partial charge in [-0.05, 0) is 66.3 Å². The van der Waals surface area contributed by atoms with E-state index < -0.39 is 5.97 Å². The van der Waals surface area contributed by atoms with Gasteiger partial charge in [-0.1, -0.05) is 66.6 Å². The van der Waals surface area contributed by atoms with Crippen LogP contribution in [0.25, 0.3) is 0 Å². The Bertz CT molecular complexity index is 1140. The van der Waals surface area contributed by atoms with E-state index in [1.165, 1.54) is 16.7 Å². The number of aliphatic carboxylic acids is 1. The van der Waals surface area contributed by atoms with Crippen LogP contribution in [0.2, 0.25) is 0 Å². The lowest BCUT2D eigenvalue weighted by atomic mass is 9.90. The van der Waals surface area contributed by atoms with E-state index in [0.29, 0.717) is 12.6 Å². The molecule has 0 fully saturated rings. The highest BCUT2D eigenvalue weighted by atomic mass is 16.5. The van der Waals surface area contributed by atoms with E-state index in [0.717, 1.165) is 36.3 Å². The standard InChI is InChI=1S/C29H29NO3/c1-2-5-25(19-29(31)32)23-12-14-26(15-13-23)33-20-22-10-8-21(9-11-22)18-28-27-7-4-3-6-24(27)16-17-30-28/h3-4,6-15,25,28,30H,16-20H2,1H3,(H,31,32). The summed E-state index contributed by atoms with van der Waals surface area (Å²) in [5.74, 6) is 5.39. The Hall–Kier alpha value is -3.55. The van der Waals surface area contributed by atoms with E-state index >= 15 is 0 Å². The second-order valence-corrected chi connectivity index (χ2v) is 8.38. The largest absolute Gasteiger partial charge is 0.489 e. The summed E-state index contributed by atoms with van der Waals surface area (Å²) in [5, 5.41) is 12.7. The zero-order valence-corrected chi connectivity index (χ0v) is 18.9. The van der Waals surface area contributed by atoms with Gasteiger partial charge in [-0.15, -0.1) is 5.92 Å². The van der Waals surface area contributed by atoms with Crippen molar-refractivity contribution in [3.8, 4) is 17.6 Å². The fourth-order valence-corrected chi connectivity index (χ4v) is 4.35. The van der Waals surface area contributed by atoms with E-state index in [9.17, 15) is 4.79 Å². The fraction of sp³-hybridized carbons (Fsp3) is 0.276. The van der Waals surface area contributed by atoms with Crippen molar-refractivity contribution in [1.82, 2.24) is 5.32 Å². The first-order valence-corrected chi connectivity index (χ1v) is 11.4. The van der Waals surface area contributed by atoms with Crippen molar-refractivity contribution >= 4 is 5.97 Å². The summed E-state index contributed by atoms with van der Waals surface area (Å²) in [6, 6.07) is 25.2. The average Bonchev–Trinajstić information content (AvgIpc) is 2.84. The summed E-state index contributed by atoms with van der Waals surface area (Å²) in [4.78, 5) is 11.1. The minimum absolute atomic E-state index is 0.00461. The van der Waals surface area contributed by atoms with Gasteiger partial charge in [0.15, 0.2) is 0 Å². The molecule has 4 heteroatoms. The van der Waals surface area contributed by atoms with E-state index in [4.69, 9.17) is 9.84 Å². The molecule has 0 aromatic heterocycles. The van der Waals surface area contributed by atoms with Crippen LogP contribution in [0.4, 0.5) is 0 Å². The van der Waals surface area contributed by atoms with E-state index in [-0.39, 0.29) is 12.3 Å². The molecule has 1 aliphatic rings. The molecule has 1 aliphatic heterocycles. The third-order valence-electron chi connectivity index (χ3n) is 6.06. The Balaban J connectivity index is 1.33. The number of fused-ring (bicyclic) bond motifs is 1. The molecule has 1 heterocycles. The van der Waals surface area contributed by atoms with Gasteiger partial charge in [-0.2, -0.15) is 0 Å². The molecular formula is C29H29NO3. The first kappa shape index (κ1) is 22.6. The number of ether oxygens (including phenoxy) is 1. The molecule has 4 rings (SSSR count). The zero-order valence-electron chi connectivity index (χ0n) is 18.9. The highest BCUT2D eigenvalue weighted by Crippen LogP contribution is 2.26. The van der Waals surface area contributed by atoms with Gasteiger partial charge in [0.25, 0.3) is 0 Å². The zero-order chi connectivity index (χ0) is 23.0. The molecule has 3 aromatic carbocycles. The minimum Gasteiger partial charge on any atom is -0.489 e. The number of carboxylic acids is 1. The molecule has 33 heavy (non-hydrogen) atoms. The number of hydrogen-bond acceptors (Lipinski definition) is 3. The fourth-order valence-electron chi connectivity index (χ4n) is 4.35. The molecule has 168 valence electrons. The maximum absolute atomic E-state index is 11.1. The van der Waals surface area contributed by atoms with E-state index in [1.54, 1.807) is 6.92 Å². The molecule has 0 bridgehead atoms.